The van der Waals surface area contributed by atoms with E-state index in [0.29, 0.717) is 19.6 Å². The molecule has 0 bridgehead atoms. The Hall–Kier alpha value is -1.35. The van der Waals surface area contributed by atoms with Crippen LogP contribution in [0, 0.1) is 5.92 Å². The molecule has 1 rings (SSSR count). The number of primary amides is 1. The van der Waals surface area contributed by atoms with Gasteiger partial charge in [-0.15, -0.1) is 0 Å². The molecule has 0 aromatic heterocycles. The van der Waals surface area contributed by atoms with Gasteiger partial charge in [-0.25, -0.2) is 0 Å². The fraction of sp³-hybridized carbons (Fsp3) is 0.417. The van der Waals surface area contributed by atoms with Crippen molar-refractivity contribution in [3.8, 4) is 0 Å². The van der Waals surface area contributed by atoms with E-state index >= 15 is 0 Å². The summed E-state index contributed by atoms with van der Waals surface area (Å²) in [5, 5.41) is 0. The lowest BCUT2D eigenvalue weighted by molar-refractivity contribution is -0.119. The number of nitrogens with two attached hydrogens (primary N) is 1. The Morgan fingerprint density at radius 2 is 2.07 bits per heavy atom. The predicted molar refractivity (Wildman–Crippen MR) is 59.1 cm³/mol. The molecule has 0 saturated carbocycles. The van der Waals surface area contributed by atoms with Crippen molar-refractivity contribution < 1.29 is 9.53 Å². The van der Waals surface area contributed by atoms with Gasteiger partial charge in [0.25, 0.3) is 0 Å². The zero-order chi connectivity index (χ0) is 11.1. The molecule has 1 atom stereocenters. The number of carbonyl (C=O) groups excluding carboxylic acids is 1. The van der Waals surface area contributed by atoms with Gasteiger partial charge in [0.2, 0.25) is 5.91 Å². The molecular formula is C12H17NO2. The topological polar surface area (TPSA) is 52.3 Å². The molecule has 15 heavy (non-hydrogen) atoms. The highest BCUT2D eigenvalue weighted by molar-refractivity contribution is 5.73. The first kappa shape index (κ1) is 11.7. The summed E-state index contributed by atoms with van der Waals surface area (Å²) in [5.41, 5.74) is 6.22. The minimum atomic E-state index is -0.272. The van der Waals surface area contributed by atoms with Crippen molar-refractivity contribution in [2.24, 2.45) is 11.7 Å². The predicted octanol–water partition coefficient (Wildman–Crippen LogP) is 1.71. The van der Waals surface area contributed by atoms with Crippen LogP contribution in [0.25, 0.3) is 0 Å². The van der Waals surface area contributed by atoms with Gasteiger partial charge in [0.1, 0.15) is 0 Å². The molecule has 0 heterocycles. The van der Waals surface area contributed by atoms with Gasteiger partial charge in [0.15, 0.2) is 0 Å². The lowest BCUT2D eigenvalue weighted by Crippen LogP contribution is -2.17. The first-order valence-corrected chi connectivity index (χ1v) is 5.08. The van der Waals surface area contributed by atoms with Crippen LogP contribution < -0.4 is 5.73 Å². The molecule has 1 amide bonds. The van der Waals surface area contributed by atoms with Crippen molar-refractivity contribution >= 4 is 5.91 Å². The second-order valence-corrected chi connectivity index (χ2v) is 3.78. The van der Waals surface area contributed by atoms with Crippen molar-refractivity contribution in [1.82, 2.24) is 0 Å². The van der Waals surface area contributed by atoms with Crippen LogP contribution in [0.5, 0.6) is 0 Å². The zero-order valence-electron chi connectivity index (χ0n) is 8.98. The van der Waals surface area contributed by atoms with Gasteiger partial charge in [0, 0.05) is 6.42 Å². The number of hydrogen-bond donors (Lipinski definition) is 1. The molecule has 3 nitrogen and oxygen atoms in total. The number of amides is 1. The summed E-state index contributed by atoms with van der Waals surface area (Å²) >= 11 is 0. The SMILES string of the molecule is CC(COCc1ccccc1)CC(N)=O. The number of hydrogen-bond acceptors (Lipinski definition) is 2. The lowest BCUT2D eigenvalue weighted by atomic mass is 10.1. The Labute approximate surface area is 90.2 Å². The van der Waals surface area contributed by atoms with Crippen LogP contribution in [0.3, 0.4) is 0 Å². The van der Waals surface area contributed by atoms with Crippen molar-refractivity contribution in [2.45, 2.75) is 20.0 Å². The fourth-order valence-corrected chi connectivity index (χ4v) is 1.35. The molecule has 0 spiro atoms. The van der Waals surface area contributed by atoms with Gasteiger partial charge < -0.3 is 10.5 Å². The van der Waals surface area contributed by atoms with E-state index in [4.69, 9.17) is 10.5 Å². The van der Waals surface area contributed by atoms with E-state index < -0.39 is 0 Å². The van der Waals surface area contributed by atoms with Crippen LogP contribution in [0.4, 0.5) is 0 Å². The van der Waals surface area contributed by atoms with Gasteiger partial charge in [-0.2, -0.15) is 0 Å². The van der Waals surface area contributed by atoms with E-state index in [-0.39, 0.29) is 11.8 Å². The summed E-state index contributed by atoms with van der Waals surface area (Å²) in [4.78, 5) is 10.6. The van der Waals surface area contributed by atoms with Gasteiger partial charge >= 0.3 is 0 Å². The van der Waals surface area contributed by atoms with E-state index in [2.05, 4.69) is 0 Å². The smallest absolute Gasteiger partial charge is 0.217 e. The highest BCUT2D eigenvalue weighted by Gasteiger charge is 2.05. The van der Waals surface area contributed by atoms with Gasteiger partial charge in [-0.05, 0) is 11.5 Å². The molecule has 0 aliphatic heterocycles. The third kappa shape index (κ3) is 5.18. The molecule has 1 aromatic carbocycles. The standard InChI is InChI=1S/C12H17NO2/c1-10(7-12(13)14)8-15-9-11-5-3-2-4-6-11/h2-6,10H,7-9H2,1H3,(H2,13,14). The Morgan fingerprint density at radius 3 is 2.67 bits per heavy atom. The quantitative estimate of drug-likeness (QED) is 0.772. The molecule has 3 heteroatoms. The molecule has 0 aliphatic carbocycles. The van der Waals surface area contributed by atoms with Gasteiger partial charge in [0.05, 0.1) is 13.2 Å². The maximum Gasteiger partial charge on any atom is 0.217 e. The summed E-state index contributed by atoms with van der Waals surface area (Å²) in [6.45, 7) is 3.11. The zero-order valence-corrected chi connectivity index (χ0v) is 8.98. The first-order chi connectivity index (χ1) is 7.18. The highest BCUT2D eigenvalue weighted by Crippen LogP contribution is 2.05. The monoisotopic (exact) mass is 207 g/mol. The molecular weight excluding hydrogens is 190 g/mol. The molecule has 0 saturated heterocycles. The Bertz CT molecular complexity index is 298. The van der Waals surface area contributed by atoms with Crippen LogP contribution in [-0.2, 0) is 16.1 Å². The summed E-state index contributed by atoms with van der Waals surface area (Å²) in [6.07, 6.45) is 0.384. The van der Waals surface area contributed by atoms with Gasteiger partial charge in [-0.3, -0.25) is 4.79 Å². The van der Waals surface area contributed by atoms with Gasteiger partial charge in [-0.1, -0.05) is 37.3 Å². The third-order valence-electron chi connectivity index (χ3n) is 2.06. The minimum absolute atomic E-state index is 0.186. The average Bonchev–Trinajstić information content (AvgIpc) is 2.18. The molecule has 0 radical (unpaired) electrons. The third-order valence-corrected chi connectivity index (χ3v) is 2.06. The lowest BCUT2D eigenvalue weighted by Gasteiger charge is -2.09. The normalized spacial score (nSPS) is 12.3. The van der Waals surface area contributed by atoms with Crippen molar-refractivity contribution in [3.05, 3.63) is 35.9 Å². The fourth-order valence-electron chi connectivity index (χ4n) is 1.35. The van der Waals surface area contributed by atoms with Crippen molar-refractivity contribution in [2.75, 3.05) is 6.61 Å². The van der Waals surface area contributed by atoms with E-state index in [1.165, 1.54) is 0 Å². The maximum atomic E-state index is 10.6. The molecule has 1 aromatic rings. The second-order valence-electron chi connectivity index (χ2n) is 3.78. The maximum absolute atomic E-state index is 10.6. The number of ether oxygens (including phenoxy) is 1. The van der Waals surface area contributed by atoms with E-state index in [0.717, 1.165) is 5.56 Å². The molecule has 1 unspecified atom stereocenters. The average molecular weight is 207 g/mol. The highest BCUT2D eigenvalue weighted by atomic mass is 16.5. The van der Waals surface area contributed by atoms with E-state index in [1.807, 2.05) is 37.3 Å². The first-order valence-electron chi connectivity index (χ1n) is 5.08. The number of benzene rings is 1. The number of carbonyl (C=O) groups is 1. The Balaban J connectivity index is 2.19. The molecule has 82 valence electrons. The van der Waals surface area contributed by atoms with Crippen LogP contribution in [0.2, 0.25) is 0 Å². The summed E-state index contributed by atoms with van der Waals surface area (Å²) < 4.78 is 5.47. The van der Waals surface area contributed by atoms with E-state index in [1.54, 1.807) is 0 Å². The van der Waals surface area contributed by atoms with Crippen LogP contribution in [-0.4, -0.2) is 12.5 Å². The second kappa shape index (κ2) is 6.19. The largest absolute Gasteiger partial charge is 0.376 e. The van der Waals surface area contributed by atoms with Crippen LogP contribution >= 0.6 is 0 Å². The van der Waals surface area contributed by atoms with Crippen molar-refractivity contribution in [1.29, 1.82) is 0 Å². The van der Waals surface area contributed by atoms with Crippen LogP contribution in [0.15, 0.2) is 30.3 Å². The summed E-state index contributed by atoms with van der Waals surface area (Å²) in [6, 6.07) is 9.95. The van der Waals surface area contributed by atoms with E-state index in [9.17, 15) is 4.79 Å². The molecule has 2 N–H and O–H groups in total. The van der Waals surface area contributed by atoms with Crippen LogP contribution in [0.1, 0.15) is 18.9 Å². The molecule has 0 aliphatic rings. The Kier molecular flexibility index (Phi) is 4.84. The van der Waals surface area contributed by atoms with Crippen molar-refractivity contribution in [3.63, 3.8) is 0 Å². The Morgan fingerprint density at radius 1 is 1.40 bits per heavy atom. The number of rotatable bonds is 6. The minimum Gasteiger partial charge on any atom is -0.376 e. The molecule has 0 fully saturated rings. The summed E-state index contributed by atoms with van der Waals surface area (Å²) in [5.74, 6) is -0.0861. The summed E-state index contributed by atoms with van der Waals surface area (Å²) in [7, 11) is 0.